The molecule has 2 aliphatic carbocycles. The monoisotopic (exact) mass is 273 g/mol. The SMILES string of the molecule is CCOc1ccc(C2(N)CC3(CCCCCC3)C2)cc1. The molecule has 3 rings (SSSR count). The molecular weight excluding hydrogens is 246 g/mol. The van der Waals surface area contributed by atoms with Crippen LogP contribution in [-0.4, -0.2) is 6.61 Å². The lowest BCUT2D eigenvalue weighted by molar-refractivity contribution is 0.00962. The molecule has 0 aromatic heterocycles. The number of ether oxygens (including phenoxy) is 1. The molecule has 0 radical (unpaired) electrons. The van der Waals surface area contributed by atoms with Gasteiger partial charge >= 0.3 is 0 Å². The second kappa shape index (κ2) is 5.40. The van der Waals surface area contributed by atoms with E-state index in [9.17, 15) is 0 Å². The highest BCUT2D eigenvalue weighted by Crippen LogP contribution is 2.58. The van der Waals surface area contributed by atoms with Gasteiger partial charge < -0.3 is 10.5 Å². The van der Waals surface area contributed by atoms with E-state index < -0.39 is 0 Å². The predicted molar refractivity (Wildman–Crippen MR) is 82.8 cm³/mol. The first-order valence-electron chi connectivity index (χ1n) is 8.18. The minimum atomic E-state index is -0.0882. The van der Waals surface area contributed by atoms with E-state index in [2.05, 4.69) is 24.3 Å². The van der Waals surface area contributed by atoms with Crippen molar-refractivity contribution in [1.82, 2.24) is 0 Å². The van der Waals surface area contributed by atoms with E-state index in [1.165, 1.54) is 56.9 Å². The van der Waals surface area contributed by atoms with Gasteiger partial charge in [0, 0.05) is 5.54 Å². The summed E-state index contributed by atoms with van der Waals surface area (Å²) in [5.74, 6) is 0.948. The molecule has 2 saturated carbocycles. The Hall–Kier alpha value is -1.02. The van der Waals surface area contributed by atoms with Crippen LogP contribution in [0.5, 0.6) is 5.75 Å². The second-order valence-corrected chi connectivity index (χ2v) is 6.88. The molecule has 110 valence electrons. The normalized spacial score (nSPS) is 23.9. The number of rotatable bonds is 3. The maximum atomic E-state index is 6.66. The summed E-state index contributed by atoms with van der Waals surface area (Å²) in [6, 6.07) is 8.44. The third kappa shape index (κ3) is 2.58. The Morgan fingerprint density at radius 2 is 1.60 bits per heavy atom. The highest BCUT2D eigenvalue weighted by molar-refractivity contribution is 5.34. The minimum absolute atomic E-state index is 0.0882. The van der Waals surface area contributed by atoms with E-state index >= 15 is 0 Å². The Labute approximate surface area is 122 Å². The summed E-state index contributed by atoms with van der Waals surface area (Å²) in [7, 11) is 0. The molecule has 0 bridgehead atoms. The Morgan fingerprint density at radius 1 is 1.00 bits per heavy atom. The second-order valence-electron chi connectivity index (χ2n) is 6.88. The molecule has 0 amide bonds. The van der Waals surface area contributed by atoms with Gasteiger partial charge in [0.05, 0.1) is 6.61 Å². The summed E-state index contributed by atoms with van der Waals surface area (Å²) in [5.41, 5.74) is 8.42. The maximum absolute atomic E-state index is 6.66. The quantitative estimate of drug-likeness (QED) is 0.887. The van der Waals surface area contributed by atoms with Crippen LogP contribution in [0, 0.1) is 5.41 Å². The van der Waals surface area contributed by atoms with Crippen molar-refractivity contribution < 1.29 is 4.74 Å². The lowest BCUT2D eigenvalue weighted by Crippen LogP contribution is -2.55. The fourth-order valence-electron chi connectivity index (χ4n) is 4.37. The molecule has 0 unspecified atom stereocenters. The molecule has 2 nitrogen and oxygen atoms in total. The fraction of sp³-hybridized carbons (Fsp3) is 0.667. The summed E-state index contributed by atoms with van der Waals surface area (Å²) in [4.78, 5) is 0. The highest BCUT2D eigenvalue weighted by atomic mass is 16.5. The molecule has 2 fully saturated rings. The highest BCUT2D eigenvalue weighted by Gasteiger charge is 2.52. The number of hydrogen-bond acceptors (Lipinski definition) is 2. The smallest absolute Gasteiger partial charge is 0.119 e. The van der Waals surface area contributed by atoms with Gasteiger partial charge in [-0.2, -0.15) is 0 Å². The molecule has 0 aliphatic heterocycles. The van der Waals surface area contributed by atoms with Crippen LogP contribution >= 0.6 is 0 Å². The zero-order valence-electron chi connectivity index (χ0n) is 12.7. The van der Waals surface area contributed by atoms with E-state index in [1.807, 2.05) is 6.92 Å². The van der Waals surface area contributed by atoms with Crippen LogP contribution in [0.3, 0.4) is 0 Å². The molecule has 2 N–H and O–H groups in total. The lowest BCUT2D eigenvalue weighted by Gasteiger charge is -2.55. The van der Waals surface area contributed by atoms with Gasteiger partial charge in [0.2, 0.25) is 0 Å². The molecule has 2 heteroatoms. The van der Waals surface area contributed by atoms with Crippen LogP contribution in [0.25, 0.3) is 0 Å². The third-order valence-corrected chi connectivity index (χ3v) is 5.29. The van der Waals surface area contributed by atoms with Crippen molar-refractivity contribution >= 4 is 0 Å². The van der Waals surface area contributed by atoms with Gasteiger partial charge in [-0.25, -0.2) is 0 Å². The first-order chi connectivity index (χ1) is 9.66. The van der Waals surface area contributed by atoms with Crippen LogP contribution in [0.4, 0.5) is 0 Å². The maximum Gasteiger partial charge on any atom is 0.119 e. The summed E-state index contributed by atoms with van der Waals surface area (Å²) in [6.45, 7) is 2.73. The standard InChI is InChI=1S/C18H27NO/c1-2-20-16-9-7-15(8-10-16)18(19)13-17(14-18)11-5-3-4-6-12-17/h7-10H,2-6,11-14,19H2,1H3. The summed E-state index contributed by atoms with van der Waals surface area (Å²) < 4.78 is 5.51. The minimum Gasteiger partial charge on any atom is -0.494 e. The Kier molecular flexibility index (Phi) is 3.76. The molecular formula is C18H27NO. The first-order valence-corrected chi connectivity index (χ1v) is 8.18. The Bertz CT molecular complexity index is 435. The van der Waals surface area contributed by atoms with Crippen molar-refractivity contribution in [1.29, 1.82) is 0 Å². The first kappa shape index (κ1) is 13.9. The molecule has 0 heterocycles. The summed E-state index contributed by atoms with van der Waals surface area (Å²) >= 11 is 0. The number of benzene rings is 1. The van der Waals surface area contributed by atoms with Crippen LogP contribution in [0.1, 0.15) is 63.9 Å². The number of nitrogens with two attached hydrogens (primary N) is 1. The average Bonchev–Trinajstić information content (AvgIpc) is 2.65. The van der Waals surface area contributed by atoms with Crippen molar-refractivity contribution in [2.45, 2.75) is 63.8 Å². The van der Waals surface area contributed by atoms with Crippen LogP contribution in [-0.2, 0) is 5.54 Å². The molecule has 2 aliphatic rings. The third-order valence-electron chi connectivity index (χ3n) is 5.29. The summed E-state index contributed by atoms with van der Waals surface area (Å²) in [6.07, 6.45) is 10.8. The van der Waals surface area contributed by atoms with Gasteiger partial charge in [-0.15, -0.1) is 0 Å². The Morgan fingerprint density at radius 3 is 2.15 bits per heavy atom. The van der Waals surface area contributed by atoms with Gasteiger partial charge in [0.1, 0.15) is 5.75 Å². The summed E-state index contributed by atoms with van der Waals surface area (Å²) in [5, 5.41) is 0. The molecule has 0 atom stereocenters. The zero-order valence-corrected chi connectivity index (χ0v) is 12.7. The van der Waals surface area contributed by atoms with Gasteiger partial charge in [-0.05, 0) is 55.7 Å². The lowest BCUT2D eigenvalue weighted by atomic mass is 9.53. The van der Waals surface area contributed by atoms with E-state index in [0.717, 1.165) is 12.4 Å². The van der Waals surface area contributed by atoms with Crippen molar-refractivity contribution in [2.24, 2.45) is 11.1 Å². The molecule has 1 spiro atoms. The van der Waals surface area contributed by atoms with Crippen molar-refractivity contribution in [3.63, 3.8) is 0 Å². The van der Waals surface area contributed by atoms with Crippen LogP contribution in [0.15, 0.2) is 24.3 Å². The van der Waals surface area contributed by atoms with Gasteiger partial charge in [0.15, 0.2) is 0 Å². The van der Waals surface area contributed by atoms with Crippen LogP contribution < -0.4 is 10.5 Å². The fourth-order valence-corrected chi connectivity index (χ4v) is 4.37. The average molecular weight is 273 g/mol. The predicted octanol–water partition coefficient (Wildman–Crippen LogP) is 4.37. The van der Waals surface area contributed by atoms with E-state index in [4.69, 9.17) is 10.5 Å². The molecule has 0 saturated heterocycles. The van der Waals surface area contributed by atoms with E-state index in [1.54, 1.807) is 0 Å². The van der Waals surface area contributed by atoms with Crippen molar-refractivity contribution in [2.75, 3.05) is 6.61 Å². The number of hydrogen-bond donors (Lipinski definition) is 1. The molecule has 1 aromatic rings. The topological polar surface area (TPSA) is 35.2 Å². The van der Waals surface area contributed by atoms with Crippen molar-refractivity contribution in [3.8, 4) is 5.75 Å². The Balaban J connectivity index is 1.68. The van der Waals surface area contributed by atoms with Crippen molar-refractivity contribution in [3.05, 3.63) is 29.8 Å². The largest absolute Gasteiger partial charge is 0.494 e. The van der Waals surface area contributed by atoms with Gasteiger partial charge in [-0.3, -0.25) is 0 Å². The van der Waals surface area contributed by atoms with Gasteiger partial charge in [0.25, 0.3) is 0 Å². The van der Waals surface area contributed by atoms with Gasteiger partial charge in [-0.1, -0.05) is 37.8 Å². The van der Waals surface area contributed by atoms with E-state index in [0.29, 0.717) is 5.41 Å². The van der Waals surface area contributed by atoms with Crippen LogP contribution in [0.2, 0.25) is 0 Å². The zero-order chi connectivity index (χ0) is 14.1. The molecule has 1 aromatic carbocycles. The van der Waals surface area contributed by atoms with E-state index in [-0.39, 0.29) is 5.54 Å². The molecule has 20 heavy (non-hydrogen) atoms.